The third kappa shape index (κ3) is 4.36. The summed E-state index contributed by atoms with van der Waals surface area (Å²) >= 11 is 0. The van der Waals surface area contributed by atoms with Crippen molar-refractivity contribution in [2.45, 2.75) is 77.4 Å². The molecular formula is C24H32O2. The molecule has 140 valence electrons. The van der Waals surface area contributed by atoms with Crippen LogP contribution in [0.4, 0.5) is 0 Å². The molecule has 2 aliphatic rings. The Labute approximate surface area is 157 Å². The van der Waals surface area contributed by atoms with Gasteiger partial charge in [0.2, 0.25) is 0 Å². The van der Waals surface area contributed by atoms with E-state index in [-0.39, 0.29) is 12.2 Å². The van der Waals surface area contributed by atoms with Gasteiger partial charge in [0, 0.05) is 0 Å². The number of rotatable bonds is 2. The van der Waals surface area contributed by atoms with Gasteiger partial charge < -0.3 is 10.2 Å². The molecule has 2 N–H and O–H groups in total. The fourth-order valence-corrected chi connectivity index (χ4v) is 4.09. The zero-order chi connectivity index (χ0) is 18.5. The van der Waals surface area contributed by atoms with E-state index in [9.17, 15) is 10.2 Å². The molecule has 2 nitrogen and oxygen atoms in total. The highest BCUT2D eigenvalue weighted by Crippen LogP contribution is 2.31. The smallest absolute Gasteiger partial charge is 0.0792 e. The summed E-state index contributed by atoms with van der Waals surface area (Å²) in [5, 5.41) is 19.6. The summed E-state index contributed by atoms with van der Waals surface area (Å²) in [6.07, 6.45) is 8.07. The van der Waals surface area contributed by atoms with Gasteiger partial charge in [-0.15, -0.1) is 0 Å². The summed E-state index contributed by atoms with van der Waals surface area (Å²) in [7, 11) is 0. The van der Waals surface area contributed by atoms with Crippen LogP contribution in [0, 0.1) is 0 Å². The zero-order valence-corrected chi connectivity index (χ0v) is 16.2. The fourth-order valence-electron chi connectivity index (χ4n) is 4.09. The maximum Gasteiger partial charge on any atom is 0.0792 e. The van der Waals surface area contributed by atoms with Crippen LogP contribution in [-0.4, -0.2) is 10.2 Å². The Hall–Kier alpha value is -1.64. The minimum atomic E-state index is -0.213. The van der Waals surface area contributed by atoms with E-state index in [4.69, 9.17) is 0 Å². The van der Waals surface area contributed by atoms with E-state index in [0.29, 0.717) is 0 Å². The predicted octanol–water partition coefficient (Wildman–Crippen LogP) is 5.24. The Bertz CT molecular complexity index is 671. The third-order valence-electron chi connectivity index (χ3n) is 5.80. The second-order valence-electron chi connectivity index (χ2n) is 7.59. The topological polar surface area (TPSA) is 40.5 Å². The number of aryl methyl sites for hydroxylation is 4. The van der Waals surface area contributed by atoms with Crippen LogP contribution in [0.1, 0.15) is 85.1 Å². The quantitative estimate of drug-likeness (QED) is 0.776. The summed E-state index contributed by atoms with van der Waals surface area (Å²) in [5.74, 6) is 0. The molecule has 0 saturated carbocycles. The Morgan fingerprint density at radius 3 is 1.54 bits per heavy atom. The van der Waals surface area contributed by atoms with Crippen LogP contribution < -0.4 is 0 Å². The molecule has 2 aromatic carbocycles. The standard InChI is InChI=1S/2C12H16O/c2*1-2-9-6-7-10-4-3-5-12(13)11(10)8-9/h2*6-8,12-13H,2-5H2,1H3/t12-;/m1./s1. The van der Waals surface area contributed by atoms with Crippen molar-refractivity contribution in [2.75, 3.05) is 0 Å². The number of hydrogen-bond donors (Lipinski definition) is 2. The van der Waals surface area contributed by atoms with Crippen LogP contribution in [0.5, 0.6) is 0 Å². The van der Waals surface area contributed by atoms with Crippen LogP contribution in [-0.2, 0) is 25.7 Å². The molecular weight excluding hydrogens is 320 g/mol. The highest BCUT2D eigenvalue weighted by molar-refractivity contribution is 5.36. The van der Waals surface area contributed by atoms with Crippen LogP contribution in [0.25, 0.3) is 0 Å². The molecule has 2 aromatic rings. The molecule has 26 heavy (non-hydrogen) atoms. The van der Waals surface area contributed by atoms with Crippen LogP contribution in [0.2, 0.25) is 0 Å². The molecule has 0 radical (unpaired) electrons. The molecule has 0 aliphatic heterocycles. The van der Waals surface area contributed by atoms with Gasteiger partial charge in [-0.1, -0.05) is 50.2 Å². The van der Waals surface area contributed by atoms with Gasteiger partial charge in [0.05, 0.1) is 12.2 Å². The maximum atomic E-state index is 9.78. The molecule has 0 aromatic heterocycles. The minimum absolute atomic E-state index is 0.213. The van der Waals surface area contributed by atoms with Gasteiger partial charge in [0.1, 0.15) is 0 Å². The number of aliphatic hydroxyl groups excluding tert-OH is 2. The summed E-state index contributed by atoms with van der Waals surface area (Å²) in [4.78, 5) is 0. The first-order valence-electron chi connectivity index (χ1n) is 10.2. The normalized spacial score (nSPS) is 21.2. The number of hydrogen-bond acceptors (Lipinski definition) is 2. The van der Waals surface area contributed by atoms with E-state index >= 15 is 0 Å². The highest BCUT2D eigenvalue weighted by Gasteiger charge is 2.18. The summed E-state index contributed by atoms with van der Waals surface area (Å²) in [6, 6.07) is 13.0. The largest absolute Gasteiger partial charge is 0.388 e. The van der Waals surface area contributed by atoms with Gasteiger partial charge in [0.25, 0.3) is 0 Å². The zero-order valence-electron chi connectivity index (χ0n) is 16.2. The van der Waals surface area contributed by atoms with E-state index in [2.05, 4.69) is 50.2 Å². The fraction of sp³-hybridized carbons (Fsp3) is 0.500. The Morgan fingerprint density at radius 2 is 1.15 bits per heavy atom. The lowest BCUT2D eigenvalue weighted by Gasteiger charge is -2.21. The summed E-state index contributed by atoms with van der Waals surface area (Å²) in [6.45, 7) is 4.30. The van der Waals surface area contributed by atoms with E-state index < -0.39 is 0 Å². The molecule has 0 bridgehead atoms. The SMILES string of the molecule is CCc1ccc2c(c1)C(O)CCC2.CCc1ccc2c(c1)[C@H](O)CCC2. The molecule has 0 saturated heterocycles. The lowest BCUT2D eigenvalue weighted by Crippen LogP contribution is -2.09. The van der Waals surface area contributed by atoms with E-state index in [1.165, 1.54) is 33.4 Å². The third-order valence-corrected chi connectivity index (χ3v) is 5.80. The van der Waals surface area contributed by atoms with Crippen molar-refractivity contribution < 1.29 is 10.2 Å². The lowest BCUT2D eigenvalue weighted by molar-refractivity contribution is 0.156. The molecule has 4 rings (SSSR count). The van der Waals surface area contributed by atoms with Gasteiger partial charge >= 0.3 is 0 Å². The number of aliphatic hydroxyl groups is 2. The predicted molar refractivity (Wildman–Crippen MR) is 107 cm³/mol. The van der Waals surface area contributed by atoms with Crippen LogP contribution in [0.3, 0.4) is 0 Å². The Morgan fingerprint density at radius 1 is 0.731 bits per heavy atom. The number of fused-ring (bicyclic) bond motifs is 2. The monoisotopic (exact) mass is 352 g/mol. The molecule has 2 atom stereocenters. The summed E-state index contributed by atoms with van der Waals surface area (Å²) in [5.41, 5.74) is 7.70. The van der Waals surface area contributed by atoms with Crippen molar-refractivity contribution in [1.29, 1.82) is 0 Å². The first-order valence-corrected chi connectivity index (χ1v) is 10.2. The Balaban J connectivity index is 0.000000151. The lowest BCUT2D eigenvalue weighted by atomic mass is 9.88. The van der Waals surface area contributed by atoms with E-state index in [1.54, 1.807) is 0 Å². The van der Waals surface area contributed by atoms with E-state index in [0.717, 1.165) is 51.4 Å². The number of benzene rings is 2. The average Bonchev–Trinajstić information content (AvgIpc) is 2.69. The molecule has 0 heterocycles. The highest BCUT2D eigenvalue weighted by atomic mass is 16.3. The van der Waals surface area contributed by atoms with Crippen molar-refractivity contribution in [3.63, 3.8) is 0 Å². The van der Waals surface area contributed by atoms with Crippen molar-refractivity contribution in [3.8, 4) is 0 Å². The molecule has 0 amide bonds. The average molecular weight is 353 g/mol. The van der Waals surface area contributed by atoms with Crippen LogP contribution >= 0.6 is 0 Å². The molecule has 0 fully saturated rings. The molecule has 2 heteroatoms. The van der Waals surface area contributed by atoms with Crippen molar-refractivity contribution in [2.24, 2.45) is 0 Å². The summed E-state index contributed by atoms with van der Waals surface area (Å²) < 4.78 is 0. The van der Waals surface area contributed by atoms with E-state index in [1.807, 2.05) is 0 Å². The van der Waals surface area contributed by atoms with Gasteiger partial charge in [0.15, 0.2) is 0 Å². The molecule has 1 unspecified atom stereocenters. The second-order valence-corrected chi connectivity index (χ2v) is 7.59. The maximum absolute atomic E-state index is 9.78. The van der Waals surface area contributed by atoms with Gasteiger partial charge in [-0.3, -0.25) is 0 Å². The van der Waals surface area contributed by atoms with Crippen molar-refractivity contribution in [3.05, 3.63) is 69.8 Å². The Kier molecular flexibility index (Phi) is 6.50. The van der Waals surface area contributed by atoms with Gasteiger partial charge in [-0.05, 0) is 84.7 Å². The first kappa shape index (κ1) is 19.1. The minimum Gasteiger partial charge on any atom is -0.388 e. The molecule has 2 aliphatic carbocycles. The van der Waals surface area contributed by atoms with Gasteiger partial charge in [-0.2, -0.15) is 0 Å². The van der Waals surface area contributed by atoms with Crippen LogP contribution in [0.15, 0.2) is 36.4 Å². The van der Waals surface area contributed by atoms with Gasteiger partial charge in [-0.25, -0.2) is 0 Å². The van der Waals surface area contributed by atoms with Crippen molar-refractivity contribution in [1.82, 2.24) is 0 Å². The molecule has 0 spiro atoms. The second kappa shape index (κ2) is 8.83. The first-order chi connectivity index (χ1) is 12.6. The van der Waals surface area contributed by atoms with Crippen molar-refractivity contribution >= 4 is 0 Å².